The van der Waals surface area contributed by atoms with Crippen molar-refractivity contribution in [3.63, 3.8) is 0 Å². The maximum absolute atomic E-state index is 13.7. The van der Waals surface area contributed by atoms with Crippen LogP contribution in [0.15, 0.2) is 18.2 Å². The Labute approximate surface area is 117 Å². The van der Waals surface area contributed by atoms with Crippen LogP contribution in [0.3, 0.4) is 0 Å². The van der Waals surface area contributed by atoms with Gasteiger partial charge < -0.3 is 10.0 Å². The van der Waals surface area contributed by atoms with Crippen LogP contribution in [0.5, 0.6) is 0 Å². The number of carbonyl (C=O) groups excluding carboxylic acids is 1. The number of carboxylic acids is 1. The number of hydrogen-bond donors (Lipinski definition) is 1. The molecule has 1 amide bonds. The first-order valence-corrected chi connectivity index (χ1v) is 6.74. The first-order chi connectivity index (χ1) is 9.45. The number of amides is 1. The number of rotatable bonds is 4. The molecule has 2 rings (SSSR count). The number of likely N-dealkylation sites (tertiary alicyclic amines) is 1. The summed E-state index contributed by atoms with van der Waals surface area (Å²) in [6.45, 7) is 4.06. The number of benzene rings is 1. The summed E-state index contributed by atoms with van der Waals surface area (Å²) in [5.74, 6) is -2.37. The van der Waals surface area contributed by atoms with Crippen molar-refractivity contribution in [3.8, 4) is 0 Å². The normalized spacial score (nSPS) is 22.4. The molecule has 1 aliphatic rings. The van der Waals surface area contributed by atoms with E-state index in [4.69, 9.17) is 0 Å². The van der Waals surface area contributed by atoms with E-state index < -0.39 is 17.9 Å². The van der Waals surface area contributed by atoms with Crippen LogP contribution < -0.4 is 0 Å². The number of carbonyl (C=O) groups is 2. The minimum atomic E-state index is -1.01. The molecular weight excluding hydrogens is 261 g/mol. The lowest BCUT2D eigenvalue weighted by atomic mass is 9.93. The van der Waals surface area contributed by atoms with Crippen LogP contribution >= 0.6 is 0 Å². The van der Waals surface area contributed by atoms with Gasteiger partial charge in [0, 0.05) is 13.0 Å². The van der Waals surface area contributed by atoms with Crippen molar-refractivity contribution in [1.82, 2.24) is 4.90 Å². The Balaban J connectivity index is 2.43. The third-order valence-electron chi connectivity index (χ3n) is 3.75. The second-order valence-corrected chi connectivity index (χ2v) is 5.19. The van der Waals surface area contributed by atoms with Gasteiger partial charge in [0.1, 0.15) is 5.82 Å². The van der Waals surface area contributed by atoms with Crippen molar-refractivity contribution >= 4 is 11.9 Å². The van der Waals surface area contributed by atoms with Crippen LogP contribution in [0, 0.1) is 18.7 Å². The highest BCUT2D eigenvalue weighted by atomic mass is 19.1. The lowest BCUT2D eigenvalue weighted by Crippen LogP contribution is -2.31. The van der Waals surface area contributed by atoms with Gasteiger partial charge in [-0.2, -0.15) is 0 Å². The van der Waals surface area contributed by atoms with E-state index in [0.29, 0.717) is 17.7 Å². The highest BCUT2D eigenvalue weighted by molar-refractivity contribution is 5.87. The van der Waals surface area contributed by atoms with Gasteiger partial charge >= 0.3 is 5.97 Å². The summed E-state index contributed by atoms with van der Waals surface area (Å²) in [6.07, 6.45) is 0.721. The second-order valence-electron chi connectivity index (χ2n) is 5.19. The molecule has 108 valence electrons. The number of halogens is 1. The predicted molar refractivity (Wildman–Crippen MR) is 71.6 cm³/mol. The topological polar surface area (TPSA) is 57.6 Å². The lowest BCUT2D eigenvalue weighted by molar-refractivity contribution is -0.142. The third-order valence-corrected chi connectivity index (χ3v) is 3.75. The Morgan fingerprint density at radius 2 is 2.20 bits per heavy atom. The molecule has 1 aromatic rings. The summed E-state index contributed by atoms with van der Waals surface area (Å²) >= 11 is 0. The van der Waals surface area contributed by atoms with E-state index in [0.717, 1.165) is 6.42 Å². The maximum atomic E-state index is 13.7. The van der Waals surface area contributed by atoms with E-state index in [-0.39, 0.29) is 18.1 Å². The lowest BCUT2D eigenvalue weighted by Gasteiger charge is -2.27. The van der Waals surface area contributed by atoms with Gasteiger partial charge in [-0.05, 0) is 30.5 Å². The Hall–Kier alpha value is -1.91. The molecule has 1 N–H and O–H groups in total. The third kappa shape index (κ3) is 2.53. The maximum Gasteiger partial charge on any atom is 0.309 e. The van der Waals surface area contributed by atoms with E-state index in [1.165, 1.54) is 6.07 Å². The number of aryl methyl sites for hydroxylation is 1. The zero-order valence-electron chi connectivity index (χ0n) is 11.6. The van der Waals surface area contributed by atoms with Crippen LogP contribution in [0.4, 0.5) is 4.39 Å². The van der Waals surface area contributed by atoms with Crippen LogP contribution in [0.25, 0.3) is 0 Å². The summed E-state index contributed by atoms with van der Waals surface area (Å²) in [5, 5.41) is 9.30. The van der Waals surface area contributed by atoms with Crippen molar-refractivity contribution in [1.29, 1.82) is 0 Å². The monoisotopic (exact) mass is 279 g/mol. The van der Waals surface area contributed by atoms with Gasteiger partial charge in [-0.1, -0.05) is 19.1 Å². The SMILES string of the molecule is CCCN1C(=O)CC(C(=O)O)C1c1ccc(C)c(F)c1. The average Bonchev–Trinajstić information content (AvgIpc) is 2.71. The summed E-state index contributed by atoms with van der Waals surface area (Å²) in [4.78, 5) is 24.9. The standard InChI is InChI=1S/C15H18FNO3/c1-3-6-17-13(18)8-11(15(19)20)14(17)10-5-4-9(2)12(16)7-10/h4-5,7,11,14H,3,6,8H2,1-2H3,(H,19,20). The molecule has 0 saturated carbocycles. The van der Waals surface area contributed by atoms with E-state index >= 15 is 0 Å². The summed E-state index contributed by atoms with van der Waals surface area (Å²) in [5.41, 5.74) is 1.06. The molecule has 0 aromatic heterocycles. The van der Waals surface area contributed by atoms with Gasteiger partial charge in [-0.15, -0.1) is 0 Å². The van der Waals surface area contributed by atoms with E-state index in [1.807, 2.05) is 6.92 Å². The van der Waals surface area contributed by atoms with Crippen LogP contribution in [-0.4, -0.2) is 28.4 Å². The van der Waals surface area contributed by atoms with Gasteiger partial charge in [-0.3, -0.25) is 9.59 Å². The van der Waals surface area contributed by atoms with Gasteiger partial charge in [-0.25, -0.2) is 4.39 Å². The summed E-state index contributed by atoms with van der Waals surface area (Å²) in [6, 6.07) is 4.10. The predicted octanol–water partition coefficient (Wildman–Crippen LogP) is 2.52. The number of aliphatic carboxylic acids is 1. The highest BCUT2D eigenvalue weighted by Crippen LogP contribution is 2.38. The number of carboxylic acid groups (broad SMARTS) is 1. The van der Waals surface area contributed by atoms with Crippen molar-refractivity contribution in [2.75, 3.05) is 6.54 Å². The fourth-order valence-electron chi connectivity index (χ4n) is 2.72. The minimum absolute atomic E-state index is 0.0184. The van der Waals surface area contributed by atoms with E-state index in [2.05, 4.69) is 0 Å². The molecule has 1 heterocycles. The molecule has 1 aliphatic heterocycles. The molecule has 2 atom stereocenters. The second kappa shape index (κ2) is 5.61. The summed E-state index contributed by atoms with van der Waals surface area (Å²) < 4.78 is 13.7. The molecule has 1 fully saturated rings. The van der Waals surface area contributed by atoms with E-state index in [9.17, 15) is 19.1 Å². The quantitative estimate of drug-likeness (QED) is 0.921. The zero-order valence-corrected chi connectivity index (χ0v) is 11.6. The Bertz CT molecular complexity index is 544. The molecule has 20 heavy (non-hydrogen) atoms. The van der Waals surface area contributed by atoms with Crippen LogP contribution in [0.2, 0.25) is 0 Å². The number of hydrogen-bond acceptors (Lipinski definition) is 2. The largest absolute Gasteiger partial charge is 0.481 e. The van der Waals surface area contributed by atoms with Crippen molar-refractivity contribution in [2.24, 2.45) is 5.92 Å². The summed E-state index contributed by atoms with van der Waals surface area (Å²) in [7, 11) is 0. The van der Waals surface area contributed by atoms with Crippen molar-refractivity contribution in [3.05, 3.63) is 35.1 Å². The molecule has 5 heteroatoms. The van der Waals surface area contributed by atoms with Crippen LogP contribution in [0.1, 0.15) is 36.9 Å². The van der Waals surface area contributed by atoms with E-state index in [1.54, 1.807) is 24.0 Å². The molecule has 1 aromatic carbocycles. The molecule has 4 nitrogen and oxygen atoms in total. The average molecular weight is 279 g/mol. The van der Waals surface area contributed by atoms with Crippen molar-refractivity contribution in [2.45, 2.75) is 32.7 Å². The fraction of sp³-hybridized carbons (Fsp3) is 0.467. The smallest absolute Gasteiger partial charge is 0.309 e. The molecule has 0 spiro atoms. The van der Waals surface area contributed by atoms with Gasteiger partial charge in [0.25, 0.3) is 0 Å². The highest BCUT2D eigenvalue weighted by Gasteiger charge is 2.44. The van der Waals surface area contributed by atoms with Gasteiger partial charge in [0.05, 0.1) is 12.0 Å². The molecule has 0 aliphatic carbocycles. The Morgan fingerprint density at radius 1 is 1.50 bits per heavy atom. The van der Waals surface area contributed by atoms with Gasteiger partial charge in [0.2, 0.25) is 5.91 Å². The zero-order chi connectivity index (χ0) is 14.9. The fourth-order valence-corrected chi connectivity index (χ4v) is 2.72. The molecule has 0 radical (unpaired) electrons. The molecule has 2 unspecified atom stereocenters. The van der Waals surface area contributed by atoms with Crippen molar-refractivity contribution < 1.29 is 19.1 Å². The van der Waals surface area contributed by atoms with Gasteiger partial charge in [0.15, 0.2) is 0 Å². The first kappa shape index (κ1) is 14.5. The Kier molecular flexibility index (Phi) is 4.06. The first-order valence-electron chi connectivity index (χ1n) is 6.74. The minimum Gasteiger partial charge on any atom is -0.481 e. The molecule has 0 bridgehead atoms. The van der Waals surface area contributed by atoms with Crippen LogP contribution in [-0.2, 0) is 9.59 Å². The Morgan fingerprint density at radius 3 is 2.75 bits per heavy atom. The number of nitrogens with zero attached hydrogens (tertiary/aromatic N) is 1. The molecule has 1 saturated heterocycles. The molecular formula is C15H18FNO3.